The molecule has 3 atom stereocenters. The Morgan fingerprint density at radius 3 is 2.44 bits per heavy atom. The van der Waals surface area contributed by atoms with Crippen LogP contribution in [0.25, 0.3) is 0 Å². The molecule has 1 saturated carbocycles. The zero-order valence-corrected chi connectivity index (χ0v) is 34.8. The fraction of sp³-hybridized carbons (Fsp3) is 0.561. The van der Waals surface area contributed by atoms with Crippen LogP contribution in [0.3, 0.4) is 0 Å². The zero-order valence-electron chi connectivity index (χ0n) is 34.0. The summed E-state index contributed by atoms with van der Waals surface area (Å²) in [4.78, 5) is 37.2. The van der Waals surface area contributed by atoms with Gasteiger partial charge in [0, 0.05) is 76.3 Å². The molecule has 2 aromatic carbocycles. The van der Waals surface area contributed by atoms with E-state index in [4.69, 9.17) is 4.74 Å². The van der Waals surface area contributed by atoms with Crippen molar-refractivity contribution in [2.24, 2.45) is 5.92 Å². The van der Waals surface area contributed by atoms with E-state index in [0.29, 0.717) is 63.8 Å². The summed E-state index contributed by atoms with van der Waals surface area (Å²) in [6, 6.07) is 7.71. The van der Waals surface area contributed by atoms with Crippen molar-refractivity contribution in [2.75, 3.05) is 68.1 Å². The van der Waals surface area contributed by atoms with Gasteiger partial charge in [-0.2, -0.15) is 18.2 Å². The van der Waals surface area contributed by atoms with Crippen LogP contribution in [0.2, 0.25) is 0 Å². The molecule has 3 aromatic rings. The van der Waals surface area contributed by atoms with Gasteiger partial charge in [-0.05, 0) is 88.1 Å². The number of alkyl halides is 3. The molecule has 4 fully saturated rings. The van der Waals surface area contributed by atoms with E-state index in [1.54, 1.807) is 19.2 Å². The number of nitrogens with zero attached hydrogens (tertiary/aromatic N) is 5. The number of carbonyl (C=O) groups excluding carboxylic acids is 2. The van der Waals surface area contributed by atoms with E-state index in [9.17, 15) is 36.3 Å². The maximum absolute atomic E-state index is 15.4. The normalized spacial score (nSPS) is 25.7. The van der Waals surface area contributed by atoms with Crippen molar-refractivity contribution in [1.29, 1.82) is 0 Å². The number of anilines is 4. The molecule has 7 rings (SSSR count). The van der Waals surface area contributed by atoms with Crippen molar-refractivity contribution in [3.63, 3.8) is 0 Å². The number of imide groups is 1. The summed E-state index contributed by atoms with van der Waals surface area (Å²) < 4.78 is 107. The van der Waals surface area contributed by atoms with Gasteiger partial charge < -0.3 is 25.0 Å². The standard InChI is InChI=1S/C41H51F5N8O6S/c1-40(57)14-3-15-54(24-40)37-32(41(44,45)46)20-47-39(50-37)48-35-12-9-29(19-34(35)43)61(58,59)51-26-6-4-25(5-7-26)21-52-16-17-53(22-28(52)23-60-2)27-8-10-30(33(42)18-27)31-11-13-36(55)49-38(31)56/h8-10,12,18-20,25-26,28,31,51,57H,3-7,11,13-17,21-24H2,1-2H3,(H,47,48,50)(H,49,55,56)/t25?,26?,28-,31?,40+/m1/s1. The minimum Gasteiger partial charge on any atom is -0.388 e. The molecule has 1 unspecified atom stereocenters. The second-order valence-electron chi connectivity index (χ2n) is 16.8. The van der Waals surface area contributed by atoms with Crippen LogP contribution in [0.4, 0.5) is 45.1 Å². The molecule has 1 aromatic heterocycles. The van der Waals surface area contributed by atoms with Gasteiger partial charge in [0.25, 0.3) is 0 Å². The Labute approximate surface area is 351 Å². The maximum atomic E-state index is 15.4. The number of nitrogens with one attached hydrogen (secondary N) is 3. The first-order valence-electron chi connectivity index (χ1n) is 20.5. The highest BCUT2D eigenvalue weighted by Gasteiger charge is 2.40. The molecule has 0 radical (unpaired) electrons. The lowest BCUT2D eigenvalue weighted by molar-refractivity contribution is -0.138. The monoisotopic (exact) mass is 878 g/mol. The first kappa shape index (κ1) is 44.6. The Hall–Kier alpha value is -4.50. The molecular formula is C41H51F5N8O6S. The first-order chi connectivity index (χ1) is 28.9. The van der Waals surface area contributed by atoms with Crippen LogP contribution in [0.5, 0.6) is 0 Å². The molecule has 4 heterocycles. The summed E-state index contributed by atoms with van der Waals surface area (Å²) in [6.07, 6.45) is -0.270. The number of piperidine rings is 2. The molecule has 3 aliphatic heterocycles. The lowest BCUT2D eigenvalue weighted by Gasteiger charge is -2.44. The Balaban J connectivity index is 0.924. The van der Waals surface area contributed by atoms with Gasteiger partial charge in [0.2, 0.25) is 27.8 Å². The average molecular weight is 879 g/mol. The molecule has 20 heteroatoms. The van der Waals surface area contributed by atoms with Crippen LogP contribution in [0.15, 0.2) is 47.5 Å². The van der Waals surface area contributed by atoms with Gasteiger partial charge in [0.1, 0.15) is 23.0 Å². The molecular weight excluding hydrogens is 828 g/mol. The van der Waals surface area contributed by atoms with Crippen molar-refractivity contribution in [1.82, 2.24) is 24.9 Å². The SMILES string of the molecule is COC[C@H]1CN(c2ccc(C3CCC(=O)NC3=O)c(F)c2)CCN1CC1CCC(NS(=O)(=O)c2ccc(Nc3ncc(C(F)(F)F)c(N4CCC[C@](C)(O)C4)n3)c(F)c2)CC1. The number of amides is 2. The summed E-state index contributed by atoms with van der Waals surface area (Å²) in [5.41, 5.74) is -1.60. The van der Waals surface area contributed by atoms with Gasteiger partial charge in [-0.25, -0.2) is 26.9 Å². The fourth-order valence-electron chi connectivity index (χ4n) is 8.95. The topological polar surface area (TPSA) is 169 Å². The van der Waals surface area contributed by atoms with E-state index in [0.717, 1.165) is 31.5 Å². The number of methoxy groups -OCH3 is 1. The number of sulfonamides is 1. The minimum atomic E-state index is -4.78. The number of hydrogen-bond donors (Lipinski definition) is 4. The second-order valence-corrected chi connectivity index (χ2v) is 18.5. The Morgan fingerprint density at radius 1 is 1.00 bits per heavy atom. The number of aromatic nitrogens is 2. The maximum Gasteiger partial charge on any atom is 0.421 e. The molecule has 0 spiro atoms. The number of halogens is 5. The van der Waals surface area contributed by atoms with E-state index >= 15 is 8.78 Å². The molecule has 1 aliphatic carbocycles. The number of benzene rings is 2. The molecule has 0 bridgehead atoms. The van der Waals surface area contributed by atoms with Crippen LogP contribution >= 0.6 is 0 Å². The van der Waals surface area contributed by atoms with Crippen LogP contribution in [0, 0.1) is 17.6 Å². The minimum absolute atomic E-state index is 0.0142. The van der Waals surface area contributed by atoms with Crippen molar-refractivity contribution >= 4 is 45.0 Å². The highest BCUT2D eigenvalue weighted by atomic mass is 32.2. The lowest BCUT2D eigenvalue weighted by Crippen LogP contribution is -2.56. The number of carbonyl (C=O) groups is 2. The highest BCUT2D eigenvalue weighted by Crippen LogP contribution is 2.38. The van der Waals surface area contributed by atoms with Crippen LogP contribution in [-0.2, 0) is 30.5 Å². The van der Waals surface area contributed by atoms with E-state index in [1.807, 2.05) is 0 Å². The summed E-state index contributed by atoms with van der Waals surface area (Å²) >= 11 is 0. The first-order valence-corrected chi connectivity index (χ1v) is 22.0. The van der Waals surface area contributed by atoms with Gasteiger partial charge in [-0.15, -0.1) is 0 Å². The third-order valence-corrected chi connectivity index (χ3v) is 13.7. The van der Waals surface area contributed by atoms with Crippen molar-refractivity contribution in [2.45, 2.75) is 93.0 Å². The number of hydrogen-bond acceptors (Lipinski definition) is 12. The van der Waals surface area contributed by atoms with Crippen molar-refractivity contribution in [3.05, 3.63) is 65.4 Å². The van der Waals surface area contributed by atoms with Crippen LogP contribution < -0.4 is 25.2 Å². The fourth-order valence-corrected chi connectivity index (χ4v) is 10.3. The summed E-state index contributed by atoms with van der Waals surface area (Å²) in [5, 5.41) is 15.4. The molecule has 2 amide bonds. The molecule has 14 nitrogen and oxygen atoms in total. The number of rotatable bonds is 12. The van der Waals surface area contributed by atoms with Crippen molar-refractivity contribution < 1.29 is 49.8 Å². The Bertz CT molecular complexity index is 2210. The largest absolute Gasteiger partial charge is 0.421 e. The molecule has 4 N–H and O–H groups in total. The quantitative estimate of drug-likeness (QED) is 0.141. The average Bonchev–Trinajstić information content (AvgIpc) is 3.19. The number of piperazine rings is 1. The Kier molecular flexibility index (Phi) is 13.2. The third-order valence-electron chi connectivity index (χ3n) is 12.1. The summed E-state index contributed by atoms with van der Waals surface area (Å²) in [5.74, 6) is -3.52. The van der Waals surface area contributed by atoms with Crippen LogP contribution in [0.1, 0.15) is 75.3 Å². The van der Waals surface area contributed by atoms with Gasteiger partial charge in [-0.1, -0.05) is 6.07 Å². The molecule has 61 heavy (non-hydrogen) atoms. The predicted octanol–water partition coefficient (Wildman–Crippen LogP) is 5.06. The van der Waals surface area contributed by atoms with Gasteiger partial charge in [0.05, 0.1) is 34.8 Å². The number of aliphatic hydroxyl groups is 1. The van der Waals surface area contributed by atoms with E-state index in [2.05, 4.69) is 35.1 Å². The Morgan fingerprint density at radius 2 is 1.77 bits per heavy atom. The lowest BCUT2D eigenvalue weighted by atomic mass is 9.85. The van der Waals surface area contributed by atoms with Crippen molar-refractivity contribution in [3.8, 4) is 0 Å². The van der Waals surface area contributed by atoms with E-state index in [-0.39, 0.29) is 71.9 Å². The summed E-state index contributed by atoms with van der Waals surface area (Å²) in [7, 11) is -2.50. The zero-order chi connectivity index (χ0) is 43.7. The number of ether oxygens (including phenoxy) is 1. The van der Waals surface area contributed by atoms with Gasteiger partial charge >= 0.3 is 6.18 Å². The molecule has 3 saturated heterocycles. The third kappa shape index (κ3) is 10.6. The van der Waals surface area contributed by atoms with E-state index < -0.39 is 56.6 Å². The number of β-amino-alcohol motifs (C(OH)–C–C–N with tert-alkyl or cyclic N) is 1. The van der Waals surface area contributed by atoms with E-state index in [1.165, 1.54) is 24.0 Å². The summed E-state index contributed by atoms with van der Waals surface area (Å²) in [6.45, 7) is 4.81. The highest BCUT2D eigenvalue weighted by molar-refractivity contribution is 7.89. The van der Waals surface area contributed by atoms with Gasteiger partial charge in [-0.3, -0.25) is 19.8 Å². The predicted molar refractivity (Wildman–Crippen MR) is 216 cm³/mol. The molecule has 332 valence electrons. The van der Waals surface area contributed by atoms with Crippen LogP contribution in [-0.4, -0.2) is 111 Å². The van der Waals surface area contributed by atoms with Gasteiger partial charge in [0.15, 0.2) is 0 Å². The smallest absolute Gasteiger partial charge is 0.388 e. The second kappa shape index (κ2) is 18.1. The molecule has 4 aliphatic rings.